The first-order valence-electron chi connectivity index (χ1n) is 11.0. The smallest absolute Gasteiger partial charge is 0.255 e. The van der Waals surface area contributed by atoms with Crippen LogP contribution in [-0.4, -0.2) is 22.3 Å². The third-order valence-corrected chi connectivity index (χ3v) is 8.07. The molecule has 1 N–H and O–H groups in total. The molecule has 0 spiro atoms. The van der Waals surface area contributed by atoms with E-state index in [9.17, 15) is 9.59 Å². The Kier molecular flexibility index (Phi) is 5.95. The minimum absolute atomic E-state index is 0.0696. The van der Waals surface area contributed by atoms with Gasteiger partial charge in [-0.25, -0.2) is 0 Å². The monoisotopic (exact) mass is 412 g/mol. The molecule has 1 fully saturated rings. The zero-order valence-electron chi connectivity index (χ0n) is 17.9. The number of aromatic nitrogens is 1. The molecular weight excluding hydrogens is 380 g/mol. The molecule has 156 valence electrons. The molecule has 2 aliphatic rings. The maximum atomic E-state index is 13.5. The summed E-state index contributed by atoms with van der Waals surface area (Å²) in [6.07, 6.45) is 9.81. The second-order valence-electron chi connectivity index (χ2n) is 8.93. The maximum Gasteiger partial charge on any atom is 0.255 e. The maximum absolute atomic E-state index is 13.5. The van der Waals surface area contributed by atoms with E-state index in [1.807, 2.05) is 36.2 Å². The number of thiophene rings is 1. The zero-order chi connectivity index (χ0) is 20.5. The second-order valence-corrected chi connectivity index (χ2v) is 10.1. The SMILES string of the molecule is Cc1cc(C)c(CN2CCCc3sc(CC4CCCCC4)c(C)c3C2=O)c(=O)[nH]1. The summed E-state index contributed by atoms with van der Waals surface area (Å²) in [5, 5.41) is 0. The molecule has 2 aromatic rings. The van der Waals surface area contributed by atoms with Crippen molar-refractivity contribution in [2.45, 2.75) is 78.7 Å². The van der Waals surface area contributed by atoms with Gasteiger partial charge in [-0.2, -0.15) is 0 Å². The van der Waals surface area contributed by atoms with Gasteiger partial charge in [-0.05, 0) is 63.1 Å². The fourth-order valence-electron chi connectivity index (χ4n) is 5.04. The van der Waals surface area contributed by atoms with Crippen molar-refractivity contribution in [3.63, 3.8) is 0 Å². The molecule has 0 atom stereocenters. The first-order valence-corrected chi connectivity index (χ1v) is 11.9. The van der Waals surface area contributed by atoms with E-state index < -0.39 is 0 Å². The molecule has 29 heavy (non-hydrogen) atoms. The lowest BCUT2D eigenvalue weighted by Crippen LogP contribution is -2.33. The van der Waals surface area contributed by atoms with Crippen molar-refractivity contribution in [1.29, 1.82) is 0 Å². The van der Waals surface area contributed by atoms with Gasteiger partial charge in [-0.1, -0.05) is 32.1 Å². The standard InChI is InChI=1S/C24H32N2O2S/c1-15-12-16(2)25-23(27)19(15)14-26-11-7-10-20-22(24(26)28)17(3)21(29-20)13-18-8-5-4-6-9-18/h12,18H,4-11,13-14H2,1-3H3,(H,25,27). The topological polar surface area (TPSA) is 53.2 Å². The summed E-state index contributed by atoms with van der Waals surface area (Å²) in [4.78, 5) is 33.4. The average Bonchev–Trinajstić information content (AvgIpc) is 2.89. The second kappa shape index (κ2) is 8.47. The molecule has 5 heteroatoms. The number of hydrogen-bond donors (Lipinski definition) is 1. The highest BCUT2D eigenvalue weighted by molar-refractivity contribution is 7.12. The lowest BCUT2D eigenvalue weighted by atomic mass is 9.86. The molecule has 1 aliphatic heterocycles. The van der Waals surface area contributed by atoms with E-state index in [0.29, 0.717) is 18.7 Å². The van der Waals surface area contributed by atoms with Crippen molar-refractivity contribution >= 4 is 17.2 Å². The number of amides is 1. The Bertz CT molecular complexity index is 966. The van der Waals surface area contributed by atoms with Crippen molar-refractivity contribution in [3.8, 4) is 0 Å². The molecule has 0 bridgehead atoms. The van der Waals surface area contributed by atoms with Crippen LogP contribution in [0.4, 0.5) is 0 Å². The van der Waals surface area contributed by atoms with E-state index in [-0.39, 0.29) is 11.5 Å². The van der Waals surface area contributed by atoms with Gasteiger partial charge in [0.2, 0.25) is 0 Å². The first-order chi connectivity index (χ1) is 13.9. The van der Waals surface area contributed by atoms with Gasteiger partial charge in [-0.3, -0.25) is 9.59 Å². The lowest BCUT2D eigenvalue weighted by Gasteiger charge is -2.23. The third-order valence-electron chi connectivity index (χ3n) is 6.69. The molecule has 1 aliphatic carbocycles. The molecule has 3 heterocycles. The number of rotatable bonds is 4. The van der Waals surface area contributed by atoms with Gasteiger partial charge in [0.15, 0.2) is 0 Å². The van der Waals surface area contributed by atoms with Crippen LogP contribution >= 0.6 is 11.3 Å². The fraction of sp³-hybridized carbons (Fsp3) is 0.583. The number of nitrogens with one attached hydrogen (secondary N) is 1. The van der Waals surface area contributed by atoms with Crippen molar-refractivity contribution in [3.05, 3.63) is 54.1 Å². The number of carbonyl (C=O) groups excluding carboxylic acids is 1. The summed E-state index contributed by atoms with van der Waals surface area (Å²) in [6.45, 7) is 7.10. The van der Waals surface area contributed by atoms with Crippen LogP contribution in [0, 0.1) is 26.7 Å². The molecule has 2 aromatic heterocycles. The molecule has 4 rings (SSSR count). The number of aryl methyl sites for hydroxylation is 3. The summed E-state index contributed by atoms with van der Waals surface area (Å²) in [7, 11) is 0. The Hall–Kier alpha value is -1.88. The number of hydrogen-bond acceptors (Lipinski definition) is 3. The van der Waals surface area contributed by atoms with Crippen LogP contribution < -0.4 is 5.56 Å². The quantitative estimate of drug-likeness (QED) is 0.762. The van der Waals surface area contributed by atoms with Gasteiger partial charge in [0, 0.05) is 27.6 Å². The number of pyridine rings is 1. The van der Waals surface area contributed by atoms with E-state index >= 15 is 0 Å². The largest absolute Gasteiger partial charge is 0.334 e. The lowest BCUT2D eigenvalue weighted by molar-refractivity contribution is 0.0747. The molecule has 1 amide bonds. The van der Waals surface area contributed by atoms with Crippen LogP contribution in [0.3, 0.4) is 0 Å². The molecule has 0 saturated heterocycles. The highest BCUT2D eigenvalue weighted by Gasteiger charge is 2.29. The van der Waals surface area contributed by atoms with Gasteiger partial charge < -0.3 is 9.88 Å². The fourth-order valence-corrected chi connectivity index (χ4v) is 6.50. The predicted octanol–water partition coefficient (Wildman–Crippen LogP) is 5.07. The third kappa shape index (κ3) is 4.20. The summed E-state index contributed by atoms with van der Waals surface area (Å²) >= 11 is 1.87. The van der Waals surface area contributed by atoms with Gasteiger partial charge in [0.1, 0.15) is 0 Å². The van der Waals surface area contributed by atoms with Crippen LogP contribution in [-0.2, 0) is 19.4 Å². The minimum atomic E-state index is -0.0696. The van der Waals surface area contributed by atoms with Gasteiger partial charge in [-0.15, -0.1) is 11.3 Å². The van der Waals surface area contributed by atoms with E-state index in [2.05, 4.69) is 11.9 Å². The average molecular weight is 413 g/mol. The minimum Gasteiger partial charge on any atom is -0.334 e. The molecule has 4 nitrogen and oxygen atoms in total. The first kappa shape index (κ1) is 20.4. The van der Waals surface area contributed by atoms with E-state index in [4.69, 9.17) is 0 Å². The van der Waals surface area contributed by atoms with Crippen LogP contribution in [0.25, 0.3) is 0 Å². The van der Waals surface area contributed by atoms with Gasteiger partial charge in [0.05, 0.1) is 12.1 Å². The Morgan fingerprint density at radius 3 is 2.59 bits per heavy atom. The number of nitrogens with zero attached hydrogens (tertiary/aromatic N) is 1. The van der Waals surface area contributed by atoms with E-state index in [0.717, 1.165) is 42.0 Å². The molecule has 0 radical (unpaired) electrons. The van der Waals surface area contributed by atoms with Crippen molar-refractivity contribution in [1.82, 2.24) is 9.88 Å². The summed E-state index contributed by atoms with van der Waals surface area (Å²) in [5.74, 6) is 0.894. The van der Waals surface area contributed by atoms with Crippen molar-refractivity contribution in [2.75, 3.05) is 6.54 Å². The van der Waals surface area contributed by atoms with Gasteiger partial charge >= 0.3 is 0 Å². The number of aromatic amines is 1. The van der Waals surface area contributed by atoms with Crippen LogP contribution in [0.15, 0.2) is 10.9 Å². The number of H-pyrrole nitrogens is 1. The van der Waals surface area contributed by atoms with E-state index in [1.54, 1.807) is 0 Å². The predicted molar refractivity (Wildman–Crippen MR) is 119 cm³/mol. The van der Waals surface area contributed by atoms with Crippen LogP contribution in [0.5, 0.6) is 0 Å². The summed E-state index contributed by atoms with van der Waals surface area (Å²) in [5.41, 5.74) is 4.59. The Balaban J connectivity index is 1.59. The molecular formula is C24H32N2O2S. The summed E-state index contributed by atoms with van der Waals surface area (Å²) in [6, 6.07) is 1.99. The van der Waals surface area contributed by atoms with Crippen molar-refractivity contribution in [2.24, 2.45) is 5.92 Å². The normalized spacial score (nSPS) is 18.0. The van der Waals surface area contributed by atoms with Crippen molar-refractivity contribution < 1.29 is 4.79 Å². The summed E-state index contributed by atoms with van der Waals surface area (Å²) < 4.78 is 0. The van der Waals surface area contributed by atoms with Crippen LogP contribution in [0.2, 0.25) is 0 Å². The molecule has 0 unspecified atom stereocenters. The molecule has 1 saturated carbocycles. The Morgan fingerprint density at radius 2 is 1.86 bits per heavy atom. The van der Waals surface area contributed by atoms with Crippen LogP contribution in [0.1, 0.15) is 81.0 Å². The highest BCUT2D eigenvalue weighted by atomic mass is 32.1. The number of carbonyl (C=O) groups is 1. The Labute approximate surface area is 177 Å². The molecule has 0 aromatic carbocycles. The van der Waals surface area contributed by atoms with E-state index in [1.165, 1.54) is 47.4 Å². The van der Waals surface area contributed by atoms with Gasteiger partial charge in [0.25, 0.3) is 11.5 Å². The zero-order valence-corrected chi connectivity index (χ0v) is 18.7. The number of fused-ring (bicyclic) bond motifs is 1. The Morgan fingerprint density at radius 1 is 1.10 bits per heavy atom. The highest BCUT2D eigenvalue weighted by Crippen LogP contribution is 2.36.